The molecule has 1 aromatic carbocycles. The summed E-state index contributed by atoms with van der Waals surface area (Å²) in [7, 11) is 0. The molecule has 74 valence electrons. The second-order valence-corrected chi connectivity index (χ2v) is 4.10. The third kappa shape index (κ3) is 4.87. The Kier molecular flexibility index (Phi) is 5.08. The van der Waals surface area contributed by atoms with Crippen molar-refractivity contribution in [3.05, 3.63) is 42.5 Å². The molecule has 0 aromatic heterocycles. The Morgan fingerprint density at radius 2 is 2.00 bits per heavy atom. The van der Waals surface area contributed by atoms with E-state index < -0.39 is 0 Å². The molecule has 0 saturated heterocycles. The number of hydrogen-bond acceptors (Lipinski definition) is 2. The molecule has 1 rings (SSSR count). The van der Waals surface area contributed by atoms with E-state index >= 15 is 0 Å². The van der Waals surface area contributed by atoms with Gasteiger partial charge in [0.1, 0.15) is 5.78 Å². The first-order valence-corrected chi connectivity index (χ1v) is 5.60. The van der Waals surface area contributed by atoms with Crippen molar-refractivity contribution in [3.8, 4) is 0 Å². The van der Waals surface area contributed by atoms with Gasteiger partial charge in [0.25, 0.3) is 0 Å². The molecule has 0 heterocycles. The van der Waals surface area contributed by atoms with Gasteiger partial charge in [-0.05, 0) is 19.1 Å². The van der Waals surface area contributed by atoms with Crippen LogP contribution in [0.4, 0.5) is 0 Å². The molecule has 0 radical (unpaired) electrons. The topological polar surface area (TPSA) is 17.1 Å². The average Bonchev–Trinajstić information content (AvgIpc) is 2.18. The van der Waals surface area contributed by atoms with Gasteiger partial charge in [0.05, 0.1) is 0 Å². The van der Waals surface area contributed by atoms with Gasteiger partial charge in [0.15, 0.2) is 0 Å². The number of thioether (sulfide) groups is 1. The van der Waals surface area contributed by atoms with E-state index in [0.717, 1.165) is 5.75 Å². The van der Waals surface area contributed by atoms with Gasteiger partial charge in [-0.2, -0.15) is 0 Å². The lowest BCUT2D eigenvalue weighted by atomic mass is 10.3. The minimum Gasteiger partial charge on any atom is -0.300 e. The summed E-state index contributed by atoms with van der Waals surface area (Å²) >= 11 is 1.77. The lowest BCUT2D eigenvalue weighted by Gasteiger charge is -1.95. The Bertz CT molecular complexity index is 303. The van der Waals surface area contributed by atoms with Gasteiger partial charge in [-0.15, -0.1) is 11.8 Å². The fourth-order valence-electron chi connectivity index (χ4n) is 0.978. The molecule has 2 heteroatoms. The number of ketones is 1. The fraction of sp³-hybridized carbons (Fsp3) is 0.250. The Morgan fingerprint density at radius 3 is 2.64 bits per heavy atom. The Hall–Kier alpha value is -1.02. The zero-order valence-electron chi connectivity index (χ0n) is 8.27. The molecule has 0 saturated carbocycles. The molecule has 0 aliphatic rings. The molecule has 1 aromatic rings. The largest absolute Gasteiger partial charge is 0.300 e. The van der Waals surface area contributed by atoms with Crippen molar-refractivity contribution in [2.75, 3.05) is 5.75 Å². The van der Waals surface area contributed by atoms with Crippen LogP contribution in [0.5, 0.6) is 0 Å². The number of carbonyl (C=O) groups is 1. The first-order valence-electron chi connectivity index (χ1n) is 4.61. The van der Waals surface area contributed by atoms with Crippen LogP contribution in [0.15, 0.2) is 47.4 Å². The van der Waals surface area contributed by atoms with E-state index in [1.165, 1.54) is 4.90 Å². The standard InChI is InChI=1S/C12H14OS/c1-11(13)7-5-6-10-14-12-8-3-2-4-9-12/h2-6,8-9H,7,10H2,1H3/b6-5+. The summed E-state index contributed by atoms with van der Waals surface area (Å²) in [6, 6.07) is 10.2. The monoisotopic (exact) mass is 206 g/mol. The minimum absolute atomic E-state index is 0.214. The van der Waals surface area contributed by atoms with Crippen LogP contribution in [0.2, 0.25) is 0 Å². The average molecular weight is 206 g/mol. The number of Topliss-reactive ketones (excluding diaryl/α,β-unsaturated/α-hetero) is 1. The quantitative estimate of drug-likeness (QED) is 0.543. The summed E-state index contributed by atoms with van der Waals surface area (Å²) < 4.78 is 0. The molecule has 0 fully saturated rings. The third-order valence-corrected chi connectivity index (χ3v) is 2.63. The van der Waals surface area contributed by atoms with E-state index in [9.17, 15) is 4.79 Å². The highest BCUT2D eigenvalue weighted by Gasteiger charge is 1.89. The number of rotatable bonds is 5. The van der Waals surface area contributed by atoms with Gasteiger partial charge in [-0.3, -0.25) is 4.79 Å². The summed E-state index contributed by atoms with van der Waals surface area (Å²) in [5.74, 6) is 1.14. The summed E-state index contributed by atoms with van der Waals surface area (Å²) in [5, 5.41) is 0. The molecule has 14 heavy (non-hydrogen) atoms. The van der Waals surface area contributed by atoms with Crippen LogP contribution in [0.3, 0.4) is 0 Å². The van der Waals surface area contributed by atoms with Crippen molar-refractivity contribution < 1.29 is 4.79 Å². The van der Waals surface area contributed by atoms with E-state index in [2.05, 4.69) is 12.1 Å². The summed E-state index contributed by atoms with van der Waals surface area (Å²) in [5.41, 5.74) is 0. The Balaban J connectivity index is 2.22. The molecule has 0 atom stereocenters. The molecule has 0 N–H and O–H groups in total. The summed E-state index contributed by atoms with van der Waals surface area (Å²) in [6.07, 6.45) is 4.52. The lowest BCUT2D eigenvalue weighted by Crippen LogP contribution is -1.84. The Labute approximate surface area is 89.2 Å². The zero-order valence-corrected chi connectivity index (χ0v) is 9.09. The van der Waals surface area contributed by atoms with Crippen molar-refractivity contribution in [2.24, 2.45) is 0 Å². The van der Waals surface area contributed by atoms with Crippen molar-refractivity contribution in [1.82, 2.24) is 0 Å². The second-order valence-electron chi connectivity index (χ2n) is 3.00. The molecule has 1 nitrogen and oxygen atoms in total. The van der Waals surface area contributed by atoms with E-state index in [-0.39, 0.29) is 5.78 Å². The van der Waals surface area contributed by atoms with Crippen LogP contribution in [-0.2, 0) is 4.79 Å². The molecular formula is C12H14OS. The predicted octanol–water partition coefficient (Wildman–Crippen LogP) is 3.31. The maximum atomic E-state index is 10.6. The van der Waals surface area contributed by atoms with Crippen LogP contribution >= 0.6 is 11.8 Å². The van der Waals surface area contributed by atoms with Crippen molar-refractivity contribution in [2.45, 2.75) is 18.2 Å². The van der Waals surface area contributed by atoms with Crippen LogP contribution in [0.25, 0.3) is 0 Å². The SMILES string of the molecule is CC(=O)C/C=C/CSc1ccccc1. The molecular weight excluding hydrogens is 192 g/mol. The lowest BCUT2D eigenvalue weighted by molar-refractivity contribution is -0.116. The molecule has 0 amide bonds. The molecule has 0 aliphatic heterocycles. The molecule has 0 bridgehead atoms. The number of allylic oxidation sites excluding steroid dienone is 1. The van der Waals surface area contributed by atoms with Crippen LogP contribution in [-0.4, -0.2) is 11.5 Å². The van der Waals surface area contributed by atoms with Gasteiger partial charge in [-0.25, -0.2) is 0 Å². The van der Waals surface area contributed by atoms with Crippen molar-refractivity contribution in [1.29, 1.82) is 0 Å². The van der Waals surface area contributed by atoms with E-state index in [1.807, 2.05) is 30.4 Å². The molecule has 0 aliphatic carbocycles. The van der Waals surface area contributed by atoms with E-state index in [4.69, 9.17) is 0 Å². The second kappa shape index (κ2) is 6.44. The van der Waals surface area contributed by atoms with Crippen molar-refractivity contribution >= 4 is 17.5 Å². The smallest absolute Gasteiger partial charge is 0.133 e. The molecule has 0 spiro atoms. The Morgan fingerprint density at radius 1 is 1.29 bits per heavy atom. The fourth-order valence-corrected chi connectivity index (χ4v) is 1.75. The maximum absolute atomic E-state index is 10.6. The number of benzene rings is 1. The first kappa shape index (κ1) is 11.1. The first-order chi connectivity index (χ1) is 6.79. The van der Waals surface area contributed by atoms with Gasteiger partial charge >= 0.3 is 0 Å². The van der Waals surface area contributed by atoms with Gasteiger partial charge in [0.2, 0.25) is 0 Å². The van der Waals surface area contributed by atoms with Gasteiger partial charge in [0, 0.05) is 17.1 Å². The van der Waals surface area contributed by atoms with E-state index in [1.54, 1.807) is 18.7 Å². The van der Waals surface area contributed by atoms with Gasteiger partial charge in [-0.1, -0.05) is 30.4 Å². The summed E-state index contributed by atoms with van der Waals surface area (Å²) in [4.78, 5) is 11.9. The minimum atomic E-state index is 0.214. The third-order valence-electron chi connectivity index (χ3n) is 1.66. The zero-order chi connectivity index (χ0) is 10.2. The maximum Gasteiger partial charge on any atom is 0.133 e. The number of carbonyl (C=O) groups excluding carboxylic acids is 1. The number of hydrogen-bond donors (Lipinski definition) is 0. The molecule has 0 unspecified atom stereocenters. The van der Waals surface area contributed by atoms with E-state index in [0.29, 0.717) is 6.42 Å². The predicted molar refractivity (Wildman–Crippen MR) is 61.6 cm³/mol. The van der Waals surface area contributed by atoms with Crippen molar-refractivity contribution in [3.63, 3.8) is 0 Å². The summed E-state index contributed by atoms with van der Waals surface area (Å²) in [6.45, 7) is 1.61. The van der Waals surface area contributed by atoms with Gasteiger partial charge < -0.3 is 0 Å². The van der Waals surface area contributed by atoms with Crippen LogP contribution < -0.4 is 0 Å². The normalized spacial score (nSPS) is 10.6. The van der Waals surface area contributed by atoms with Crippen LogP contribution in [0, 0.1) is 0 Å². The highest BCUT2D eigenvalue weighted by atomic mass is 32.2. The van der Waals surface area contributed by atoms with Crippen LogP contribution in [0.1, 0.15) is 13.3 Å². The highest BCUT2D eigenvalue weighted by molar-refractivity contribution is 7.99. The highest BCUT2D eigenvalue weighted by Crippen LogP contribution is 2.16.